The van der Waals surface area contributed by atoms with E-state index in [9.17, 15) is 0 Å². The number of benzene rings is 2. The number of nitrogens with zero attached hydrogens (tertiary/aromatic N) is 4. The molecule has 2 aromatic carbocycles. The van der Waals surface area contributed by atoms with Crippen molar-refractivity contribution in [2.45, 2.75) is 25.5 Å². The van der Waals surface area contributed by atoms with Crippen molar-refractivity contribution in [3.05, 3.63) is 59.7 Å². The van der Waals surface area contributed by atoms with Gasteiger partial charge >= 0.3 is 0 Å². The molecule has 0 amide bonds. The Morgan fingerprint density at radius 3 is 2.62 bits per heavy atom. The molecule has 120 valence electrons. The lowest BCUT2D eigenvalue weighted by Gasteiger charge is -2.09. The minimum atomic E-state index is 0.735. The van der Waals surface area contributed by atoms with Gasteiger partial charge in [0.2, 0.25) is 5.16 Å². The molecule has 4 nitrogen and oxygen atoms in total. The van der Waals surface area contributed by atoms with Crippen LogP contribution in [-0.4, -0.2) is 25.5 Å². The molecule has 4 aromatic rings. The van der Waals surface area contributed by atoms with Gasteiger partial charge in [-0.05, 0) is 29.9 Å². The van der Waals surface area contributed by atoms with E-state index in [1.807, 2.05) is 6.07 Å². The average molecular weight is 334 g/mol. The average Bonchev–Trinajstić information content (AvgIpc) is 2.91. The van der Waals surface area contributed by atoms with Gasteiger partial charge in [0.25, 0.3) is 0 Å². The highest BCUT2D eigenvalue weighted by atomic mass is 32.2. The Morgan fingerprint density at radius 2 is 1.79 bits per heavy atom. The summed E-state index contributed by atoms with van der Waals surface area (Å²) in [5, 5.41) is 10.6. The molecule has 5 heteroatoms. The molecule has 0 spiro atoms. The number of hydrogen-bond acceptors (Lipinski definition) is 4. The second-order valence-corrected chi connectivity index (χ2v) is 6.96. The van der Waals surface area contributed by atoms with Gasteiger partial charge in [0.1, 0.15) is 5.52 Å². The van der Waals surface area contributed by atoms with Gasteiger partial charge < -0.3 is 4.57 Å². The van der Waals surface area contributed by atoms with Crippen LogP contribution < -0.4 is 0 Å². The molecule has 0 radical (unpaired) electrons. The van der Waals surface area contributed by atoms with Crippen LogP contribution in [-0.2, 0) is 6.54 Å². The molecule has 0 N–H and O–H groups in total. The normalized spacial score (nSPS) is 11.4. The summed E-state index contributed by atoms with van der Waals surface area (Å²) in [6.45, 7) is 5.03. The Labute approximate surface area is 144 Å². The fourth-order valence-electron chi connectivity index (χ4n) is 3.00. The number of hydrogen-bond donors (Lipinski definition) is 0. The Kier molecular flexibility index (Phi) is 3.94. The molecule has 2 aromatic heterocycles. The molecule has 0 atom stereocenters. The number of para-hydroxylation sites is 1. The lowest BCUT2D eigenvalue weighted by Crippen LogP contribution is -2.03. The smallest absolute Gasteiger partial charge is 0.211 e. The van der Waals surface area contributed by atoms with Crippen LogP contribution in [0.1, 0.15) is 18.1 Å². The van der Waals surface area contributed by atoms with Crippen LogP contribution in [0, 0.1) is 6.92 Å². The first kappa shape index (κ1) is 15.1. The van der Waals surface area contributed by atoms with Crippen LogP contribution in [0.3, 0.4) is 0 Å². The quantitative estimate of drug-likeness (QED) is 0.517. The number of thioether (sulfide) groups is 1. The van der Waals surface area contributed by atoms with Gasteiger partial charge in [-0.1, -0.05) is 61.2 Å². The fraction of sp³-hybridized carbons (Fsp3) is 0.211. The zero-order valence-electron chi connectivity index (χ0n) is 13.7. The van der Waals surface area contributed by atoms with E-state index in [1.165, 1.54) is 11.1 Å². The van der Waals surface area contributed by atoms with Crippen LogP contribution in [0.5, 0.6) is 0 Å². The van der Waals surface area contributed by atoms with Gasteiger partial charge in [-0.25, -0.2) is 4.98 Å². The van der Waals surface area contributed by atoms with Crippen LogP contribution in [0.2, 0.25) is 0 Å². The summed E-state index contributed by atoms with van der Waals surface area (Å²) < 4.78 is 2.25. The van der Waals surface area contributed by atoms with E-state index in [4.69, 9.17) is 4.98 Å². The molecule has 0 aliphatic rings. The van der Waals surface area contributed by atoms with Crippen molar-refractivity contribution >= 4 is 33.8 Å². The predicted molar refractivity (Wildman–Crippen MR) is 99.5 cm³/mol. The molecule has 0 aliphatic carbocycles. The van der Waals surface area contributed by atoms with Gasteiger partial charge in [0.05, 0.1) is 5.52 Å². The van der Waals surface area contributed by atoms with Crippen LogP contribution in [0.25, 0.3) is 22.1 Å². The van der Waals surface area contributed by atoms with Crippen LogP contribution in [0.15, 0.2) is 53.7 Å². The molecular formula is C19H18N4S. The Hall–Kier alpha value is -2.40. The van der Waals surface area contributed by atoms with E-state index < -0.39 is 0 Å². The Morgan fingerprint density at radius 1 is 1.00 bits per heavy atom. The zero-order chi connectivity index (χ0) is 16.5. The summed E-state index contributed by atoms with van der Waals surface area (Å²) in [7, 11) is 0. The summed E-state index contributed by atoms with van der Waals surface area (Å²) in [6.07, 6.45) is 0. The van der Waals surface area contributed by atoms with Gasteiger partial charge in [0.15, 0.2) is 5.65 Å². The van der Waals surface area contributed by atoms with Gasteiger partial charge in [0, 0.05) is 11.9 Å². The van der Waals surface area contributed by atoms with Crippen molar-refractivity contribution in [1.82, 2.24) is 19.7 Å². The first-order valence-corrected chi connectivity index (χ1v) is 9.05. The number of aryl methyl sites for hydroxylation is 1. The topological polar surface area (TPSA) is 43.6 Å². The standard InChI is InChI=1S/C19H18N4S/c1-3-24-19-20-18-17(21-22-19)15-10-6-7-11-16(15)23(18)12-14-9-5-4-8-13(14)2/h4-11H,3,12H2,1-2H3. The number of rotatable bonds is 4. The maximum atomic E-state index is 4.78. The third-order valence-corrected chi connectivity index (χ3v) is 4.94. The highest BCUT2D eigenvalue weighted by Gasteiger charge is 2.15. The third-order valence-electron chi connectivity index (χ3n) is 4.22. The van der Waals surface area contributed by atoms with Crippen molar-refractivity contribution in [3.63, 3.8) is 0 Å². The van der Waals surface area contributed by atoms with E-state index in [1.54, 1.807) is 11.8 Å². The molecule has 0 unspecified atom stereocenters. The van der Waals surface area contributed by atoms with Crippen molar-refractivity contribution in [2.24, 2.45) is 0 Å². The van der Waals surface area contributed by atoms with E-state index in [-0.39, 0.29) is 0 Å². The van der Waals surface area contributed by atoms with Gasteiger partial charge in [-0.2, -0.15) is 0 Å². The molecule has 0 saturated heterocycles. The largest absolute Gasteiger partial charge is 0.319 e. The molecule has 0 saturated carbocycles. The van der Waals surface area contributed by atoms with Crippen molar-refractivity contribution < 1.29 is 0 Å². The minimum absolute atomic E-state index is 0.735. The summed E-state index contributed by atoms with van der Waals surface area (Å²) in [5.41, 5.74) is 5.51. The third kappa shape index (κ3) is 2.55. The molecule has 2 heterocycles. The first-order valence-electron chi connectivity index (χ1n) is 8.07. The molecular weight excluding hydrogens is 316 g/mol. The number of aromatic nitrogens is 4. The van der Waals surface area contributed by atoms with Gasteiger partial charge in [-0.3, -0.25) is 0 Å². The summed E-state index contributed by atoms with van der Waals surface area (Å²) >= 11 is 1.62. The predicted octanol–water partition coefficient (Wildman–Crippen LogP) is 4.45. The number of fused-ring (bicyclic) bond motifs is 3. The molecule has 0 bridgehead atoms. The molecule has 4 rings (SSSR count). The van der Waals surface area contributed by atoms with Crippen molar-refractivity contribution in [2.75, 3.05) is 5.75 Å². The van der Waals surface area contributed by atoms with Crippen LogP contribution in [0.4, 0.5) is 0 Å². The van der Waals surface area contributed by atoms with E-state index in [2.05, 4.69) is 71.1 Å². The fourth-order valence-corrected chi connectivity index (χ4v) is 3.51. The summed E-state index contributed by atoms with van der Waals surface area (Å²) in [4.78, 5) is 4.78. The summed E-state index contributed by atoms with van der Waals surface area (Å²) in [6, 6.07) is 16.8. The van der Waals surface area contributed by atoms with E-state index in [0.717, 1.165) is 39.5 Å². The van der Waals surface area contributed by atoms with Crippen LogP contribution >= 0.6 is 11.8 Å². The summed E-state index contributed by atoms with van der Waals surface area (Å²) in [5.74, 6) is 0.936. The van der Waals surface area contributed by atoms with Crippen molar-refractivity contribution in [1.29, 1.82) is 0 Å². The lowest BCUT2D eigenvalue weighted by atomic mass is 10.1. The van der Waals surface area contributed by atoms with E-state index >= 15 is 0 Å². The monoisotopic (exact) mass is 334 g/mol. The zero-order valence-corrected chi connectivity index (χ0v) is 14.5. The maximum absolute atomic E-state index is 4.78. The Balaban J connectivity index is 1.96. The highest BCUT2D eigenvalue weighted by molar-refractivity contribution is 7.99. The van der Waals surface area contributed by atoms with Gasteiger partial charge in [-0.15, -0.1) is 10.2 Å². The van der Waals surface area contributed by atoms with E-state index in [0.29, 0.717) is 0 Å². The van der Waals surface area contributed by atoms with Crippen molar-refractivity contribution in [3.8, 4) is 0 Å². The SMILES string of the molecule is CCSc1nnc2c3ccccc3n(Cc3ccccc3C)c2n1. The molecule has 0 aliphatic heterocycles. The molecule has 0 fully saturated rings. The minimum Gasteiger partial charge on any atom is -0.319 e. The molecule has 24 heavy (non-hydrogen) atoms. The Bertz CT molecular complexity index is 1020. The highest BCUT2D eigenvalue weighted by Crippen LogP contribution is 2.28. The second-order valence-electron chi connectivity index (χ2n) is 5.73. The maximum Gasteiger partial charge on any atom is 0.211 e. The lowest BCUT2D eigenvalue weighted by molar-refractivity contribution is 0.811. The second kappa shape index (κ2) is 6.24. The first-order chi connectivity index (χ1) is 11.8.